The van der Waals surface area contributed by atoms with E-state index in [-0.39, 0.29) is 18.3 Å². The van der Waals surface area contributed by atoms with Gasteiger partial charge in [0.1, 0.15) is 5.15 Å². The number of hydrogen-bond acceptors (Lipinski definition) is 3. The first-order valence-corrected chi connectivity index (χ1v) is 6.08. The zero-order chi connectivity index (χ0) is 12.8. The Morgan fingerprint density at radius 3 is 2.18 bits per heavy atom. The van der Waals surface area contributed by atoms with Crippen molar-refractivity contribution in [2.75, 3.05) is 0 Å². The van der Waals surface area contributed by atoms with Crippen molar-refractivity contribution in [2.24, 2.45) is 0 Å². The molecule has 0 radical (unpaired) electrons. The molecule has 0 atom stereocenters. The zero-order valence-electron chi connectivity index (χ0n) is 10.9. The molecule has 1 saturated heterocycles. The van der Waals surface area contributed by atoms with Gasteiger partial charge in [0, 0.05) is 11.7 Å². The molecule has 1 fully saturated rings. The second-order valence-electron chi connectivity index (χ2n) is 5.45. The van der Waals surface area contributed by atoms with Gasteiger partial charge in [-0.3, -0.25) is 0 Å². The monoisotopic (exact) mass is 253 g/mol. The molecule has 0 aromatic carbocycles. The molecule has 1 aliphatic rings. The number of aromatic nitrogens is 1. The molecule has 0 N–H and O–H groups in total. The van der Waals surface area contributed by atoms with Crippen LogP contribution in [0.15, 0.2) is 12.3 Å². The van der Waals surface area contributed by atoms with Gasteiger partial charge in [0.25, 0.3) is 0 Å². The van der Waals surface area contributed by atoms with Crippen molar-refractivity contribution in [2.45, 2.75) is 45.8 Å². The Morgan fingerprint density at radius 2 is 1.71 bits per heavy atom. The highest BCUT2D eigenvalue weighted by molar-refractivity contribution is 6.62. The van der Waals surface area contributed by atoms with Crippen LogP contribution < -0.4 is 5.46 Å². The van der Waals surface area contributed by atoms with Gasteiger partial charge in [0.15, 0.2) is 0 Å². The number of nitrogens with zero attached hydrogens (tertiary/aromatic N) is 1. The fourth-order valence-corrected chi connectivity index (χ4v) is 1.96. The minimum atomic E-state index is -0.371. The third-order valence-electron chi connectivity index (χ3n) is 3.63. The molecule has 0 unspecified atom stereocenters. The molecule has 1 aromatic rings. The van der Waals surface area contributed by atoms with E-state index in [1.807, 2.05) is 40.7 Å². The molecule has 5 heteroatoms. The Bertz CT molecular complexity index is 432. The van der Waals surface area contributed by atoms with Crippen LogP contribution in [0.3, 0.4) is 0 Å². The minimum absolute atomic E-state index is 0.330. The highest BCUT2D eigenvalue weighted by Crippen LogP contribution is 2.36. The average molecular weight is 254 g/mol. The molecule has 1 aliphatic heterocycles. The maximum atomic E-state index is 5.97. The molecule has 2 rings (SSSR count). The van der Waals surface area contributed by atoms with E-state index in [0.29, 0.717) is 5.15 Å². The second kappa shape index (κ2) is 3.97. The van der Waals surface area contributed by atoms with Crippen LogP contribution in [-0.4, -0.2) is 23.3 Å². The summed E-state index contributed by atoms with van der Waals surface area (Å²) in [6, 6.07) is 1.82. The second-order valence-corrected chi connectivity index (χ2v) is 5.84. The zero-order valence-corrected chi connectivity index (χ0v) is 11.6. The molecule has 92 valence electrons. The molecule has 0 aliphatic carbocycles. The van der Waals surface area contributed by atoms with Gasteiger partial charge in [-0.05, 0) is 46.2 Å². The first-order valence-electron chi connectivity index (χ1n) is 5.71. The van der Waals surface area contributed by atoms with Crippen LogP contribution in [0.25, 0.3) is 0 Å². The maximum absolute atomic E-state index is 5.97. The van der Waals surface area contributed by atoms with Gasteiger partial charge in [0.05, 0.1) is 11.2 Å². The lowest BCUT2D eigenvalue weighted by atomic mass is 9.77. The number of aryl methyl sites for hydroxylation is 1. The molecule has 0 saturated carbocycles. The summed E-state index contributed by atoms with van der Waals surface area (Å²) in [5.74, 6) is 0. The predicted octanol–water partition coefficient (Wildman–Crippen LogP) is 2.34. The van der Waals surface area contributed by atoms with Gasteiger partial charge in [-0.25, -0.2) is 4.98 Å². The molecule has 2 heterocycles. The van der Waals surface area contributed by atoms with E-state index in [4.69, 9.17) is 20.9 Å². The number of halogens is 1. The van der Waals surface area contributed by atoms with E-state index in [1.54, 1.807) is 6.20 Å². The summed E-state index contributed by atoms with van der Waals surface area (Å²) < 4.78 is 11.9. The maximum Gasteiger partial charge on any atom is 0.496 e. The van der Waals surface area contributed by atoms with Crippen molar-refractivity contribution in [1.29, 1.82) is 0 Å². The highest BCUT2D eigenvalue weighted by atomic mass is 35.5. The smallest absolute Gasteiger partial charge is 0.399 e. The molecule has 3 nitrogen and oxygen atoms in total. The molecule has 0 spiro atoms. The SMILES string of the molecule is Cc1cc(Cl)ncc1B1OC(C)(C)C(C)(C)O1. The standard InChI is InChI=1S/C12H17BClNO2/c1-8-6-10(14)15-7-9(8)13-16-11(2,3)12(4,5)17-13/h6-7H,1-5H3. The lowest BCUT2D eigenvalue weighted by Gasteiger charge is -2.32. The van der Waals surface area contributed by atoms with E-state index in [2.05, 4.69) is 4.98 Å². The van der Waals surface area contributed by atoms with Crippen molar-refractivity contribution < 1.29 is 9.31 Å². The first-order chi connectivity index (χ1) is 7.73. The minimum Gasteiger partial charge on any atom is -0.399 e. The molecule has 0 bridgehead atoms. The Hall–Kier alpha value is -0.575. The topological polar surface area (TPSA) is 31.4 Å². The van der Waals surface area contributed by atoms with E-state index in [9.17, 15) is 0 Å². The third-order valence-corrected chi connectivity index (χ3v) is 3.83. The van der Waals surface area contributed by atoms with Crippen LogP contribution in [-0.2, 0) is 9.31 Å². The van der Waals surface area contributed by atoms with Crippen LogP contribution in [0.2, 0.25) is 5.15 Å². The van der Waals surface area contributed by atoms with E-state index in [0.717, 1.165) is 11.0 Å². The number of pyridine rings is 1. The summed E-state index contributed by atoms with van der Waals surface area (Å²) >= 11 is 5.84. The van der Waals surface area contributed by atoms with Crippen LogP contribution >= 0.6 is 11.6 Å². The lowest BCUT2D eigenvalue weighted by Crippen LogP contribution is -2.41. The van der Waals surface area contributed by atoms with Crippen molar-refractivity contribution in [3.8, 4) is 0 Å². The predicted molar refractivity (Wildman–Crippen MR) is 69.7 cm³/mol. The summed E-state index contributed by atoms with van der Waals surface area (Å²) in [6.07, 6.45) is 1.72. The Morgan fingerprint density at radius 1 is 1.18 bits per heavy atom. The largest absolute Gasteiger partial charge is 0.496 e. The van der Waals surface area contributed by atoms with Crippen molar-refractivity contribution in [1.82, 2.24) is 4.98 Å². The quantitative estimate of drug-likeness (QED) is 0.569. The van der Waals surface area contributed by atoms with Gasteiger partial charge in [-0.2, -0.15) is 0 Å². The molecule has 0 amide bonds. The summed E-state index contributed by atoms with van der Waals surface area (Å²) in [5, 5.41) is 0.489. The van der Waals surface area contributed by atoms with Crippen molar-refractivity contribution in [3.63, 3.8) is 0 Å². The van der Waals surface area contributed by atoms with Gasteiger partial charge < -0.3 is 9.31 Å². The third kappa shape index (κ3) is 2.22. The Labute approximate surface area is 108 Å². The fraction of sp³-hybridized carbons (Fsp3) is 0.583. The van der Waals surface area contributed by atoms with Crippen LogP contribution in [0.5, 0.6) is 0 Å². The number of rotatable bonds is 1. The van der Waals surface area contributed by atoms with Crippen molar-refractivity contribution in [3.05, 3.63) is 23.0 Å². The van der Waals surface area contributed by atoms with Crippen LogP contribution in [0.1, 0.15) is 33.3 Å². The number of hydrogen-bond donors (Lipinski definition) is 0. The average Bonchev–Trinajstić information content (AvgIpc) is 2.35. The molecular weight excluding hydrogens is 236 g/mol. The van der Waals surface area contributed by atoms with Gasteiger partial charge in [-0.1, -0.05) is 11.6 Å². The summed E-state index contributed by atoms with van der Waals surface area (Å²) in [6.45, 7) is 10.1. The normalized spacial score (nSPS) is 21.9. The van der Waals surface area contributed by atoms with Crippen LogP contribution in [0, 0.1) is 6.92 Å². The Balaban J connectivity index is 2.32. The van der Waals surface area contributed by atoms with Gasteiger partial charge in [0.2, 0.25) is 0 Å². The van der Waals surface area contributed by atoms with E-state index >= 15 is 0 Å². The molecular formula is C12H17BClNO2. The fourth-order valence-electron chi connectivity index (χ4n) is 1.75. The molecule has 17 heavy (non-hydrogen) atoms. The van der Waals surface area contributed by atoms with Gasteiger partial charge in [-0.15, -0.1) is 0 Å². The summed E-state index contributed by atoms with van der Waals surface area (Å²) in [7, 11) is -0.371. The van der Waals surface area contributed by atoms with Crippen molar-refractivity contribution >= 4 is 24.2 Å². The van der Waals surface area contributed by atoms with Crippen LogP contribution in [0.4, 0.5) is 0 Å². The first kappa shape index (κ1) is 12.9. The highest BCUT2D eigenvalue weighted by Gasteiger charge is 2.52. The summed E-state index contributed by atoms with van der Waals surface area (Å²) in [5.41, 5.74) is 1.31. The van der Waals surface area contributed by atoms with E-state index in [1.165, 1.54) is 0 Å². The lowest BCUT2D eigenvalue weighted by molar-refractivity contribution is 0.00578. The van der Waals surface area contributed by atoms with Gasteiger partial charge >= 0.3 is 7.12 Å². The summed E-state index contributed by atoms with van der Waals surface area (Å²) in [4.78, 5) is 4.09. The Kier molecular flexibility index (Phi) is 3.01. The van der Waals surface area contributed by atoms with E-state index < -0.39 is 0 Å². The molecule has 1 aromatic heterocycles.